The summed E-state index contributed by atoms with van der Waals surface area (Å²) in [6.45, 7) is 7.62. The molecule has 1 N–H and O–H groups in total. The van der Waals surface area contributed by atoms with E-state index in [0.29, 0.717) is 38.4 Å². The molecule has 0 bridgehead atoms. The molecule has 2 aliphatic rings. The van der Waals surface area contributed by atoms with E-state index in [1.54, 1.807) is 18.2 Å². The van der Waals surface area contributed by atoms with Gasteiger partial charge in [-0.1, -0.05) is 13.0 Å². The van der Waals surface area contributed by atoms with Crippen molar-refractivity contribution in [3.05, 3.63) is 29.8 Å². The van der Waals surface area contributed by atoms with Crippen molar-refractivity contribution in [1.82, 2.24) is 14.5 Å². The van der Waals surface area contributed by atoms with Gasteiger partial charge in [0.25, 0.3) is 5.91 Å². The van der Waals surface area contributed by atoms with Crippen LogP contribution in [0.4, 0.5) is 0 Å². The van der Waals surface area contributed by atoms with E-state index in [-0.39, 0.29) is 10.8 Å². The zero-order valence-electron chi connectivity index (χ0n) is 16.6. The number of nitrogens with zero attached hydrogens (tertiary/aromatic N) is 2. The van der Waals surface area contributed by atoms with Crippen molar-refractivity contribution >= 4 is 15.9 Å². The average molecular weight is 410 g/mol. The first-order valence-electron chi connectivity index (χ1n) is 10.2. The van der Waals surface area contributed by atoms with Crippen LogP contribution in [0.5, 0.6) is 0 Å². The molecule has 2 fully saturated rings. The topological polar surface area (TPSA) is 79.0 Å². The number of piperidine rings is 1. The van der Waals surface area contributed by atoms with E-state index in [4.69, 9.17) is 4.74 Å². The average Bonchev–Trinajstić information content (AvgIpc) is 2.73. The molecule has 8 heteroatoms. The number of likely N-dealkylation sites (tertiary alicyclic amines) is 1. The van der Waals surface area contributed by atoms with Gasteiger partial charge in [-0.25, -0.2) is 8.42 Å². The van der Waals surface area contributed by atoms with Crippen molar-refractivity contribution in [3.8, 4) is 0 Å². The molecule has 0 radical (unpaired) electrons. The summed E-state index contributed by atoms with van der Waals surface area (Å²) < 4.78 is 32.1. The smallest absolute Gasteiger partial charge is 0.251 e. The van der Waals surface area contributed by atoms with Crippen molar-refractivity contribution < 1.29 is 17.9 Å². The Bertz CT molecular complexity index is 754. The Hall–Kier alpha value is -1.48. The van der Waals surface area contributed by atoms with E-state index in [2.05, 4.69) is 17.1 Å². The van der Waals surface area contributed by atoms with Gasteiger partial charge < -0.3 is 15.0 Å². The number of sulfonamides is 1. The predicted octanol–water partition coefficient (Wildman–Crippen LogP) is 1.56. The zero-order valence-corrected chi connectivity index (χ0v) is 17.4. The minimum atomic E-state index is -3.60. The second kappa shape index (κ2) is 9.82. The van der Waals surface area contributed by atoms with Gasteiger partial charge in [0.05, 0.1) is 18.1 Å². The number of hydrogen-bond donors (Lipinski definition) is 1. The third kappa shape index (κ3) is 5.53. The Labute approximate surface area is 168 Å². The Morgan fingerprint density at radius 2 is 1.89 bits per heavy atom. The molecule has 1 aromatic rings. The molecule has 1 aromatic carbocycles. The lowest BCUT2D eigenvalue weighted by molar-refractivity contribution is 0.0730. The van der Waals surface area contributed by atoms with Gasteiger partial charge in [-0.3, -0.25) is 4.79 Å². The lowest BCUT2D eigenvalue weighted by Crippen LogP contribution is -2.40. The predicted molar refractivity (Wildman–Crippen MR) is 108 cm³/mol. The first-order valence-corrected chi connectivity index (χ1v) is 11.6. The molecule has 156 valence electrons. The van der Waals surface area contributed by atoms with Gasteiger partial charge in [0, 0.05) is 25.2 Å². The van der Waals surface area contributed by atoms with Crippen LogP contribution in [-0.2, 0) is 14.8 Å². The van der Waals surface area contributed by atoms with Gasteiger partial charge in [-0.05, 0) is 63.0 Å². The third-order valence-corrected chi connectivity index (χ3v) is 7.41. The SMILES string of the molecule is CC1CCN(CCCNC(=O)c2cccc(S(=O)(=O)N3CCOCC3)c2)CC1. The summed E-state index contributed by atoms with van der Waals surface area (Å²) in [6, 6.07) is 6.28. The number of amides is 1. The molecule has 2 aliphatic heterocycles. The number of morpholine rings is 1. The fourth-order valence-electron chi connectivity index (χ4n) is 3.63. The molecule has 7 nitrogen and oxygen atoms in total. The summed E-state index contributed by atoms with van der Waals surface area (Å²) in [6.07, 6.45) is 3.39. The molecule has 0 aromatic heterocycles. The minimum Gasteiger partial charge on any atom is -0.379 e. The van der Waals surface area contributed by atoms with Gasteiger partial charge in [0.15, 0.2) is 0 Å². The molecule has 0 spiro atoms. The second-order valence-electron chi connectivity index (χ2n) is 7.68. The van der Waals surface area contributed by atoms with Crippen LogP contribution in [0.1, 0.15) is 36.5 Å². The first kappa shape index (κ1) is 21.2. The Morgan fingerprint density at radius 1 is 1.18 bits per heavy atom. The quantitative estimate of drug-likeness (QED) is 0.692. The van der Waals surface area contributed by atoms with Crippen molar-refractivity contribution in [2.75, 3.05) is 52.5 Å². The van der Waals surface area contributed by atoms with Gasteiger partial charge in [0.2, 0.25) is 10.0 Å². The van der Waals surface area contributed by atoms with E-state index in [0.717, 1.165) is 32.0 Å². The summed E-state index contributed by atoms with van der Waals surface area (Å²) in [7, 11) is -3.60. The Morgan fingerprint density at radius 3 is 2.61 bits per heavy atom. The molecule has 2 saturated heterocycles. The monoisotopic (exact) mass is 409 g/mol. The fraction of sp³-hybridized carbons (Fsp3) is 0.650. The van der Waals surface area contributed by atoms with Crippen molar-refractivity contribution in [1.29, 1.82) is 0 Å². The molecular formula is C20H31N3O4S. The molecule has 2 heterocycles. The number of benzene rings is 1. The lowest BCUT2D eigenvalue weighted by atomic mass is 9.99. The number of rotatable bonds is 7. The highest BCUT2D eigenvalue weighted by Gasteiger charge is 2.26. The van der Waals surface area contributed by atoms with Crippen LogP contribution in [0.25, 0.3) is 0 Å². The van der Waals surface area contributed by atoms with Crippen molar-refractivity contribution in [2.24, 2.45) is 5.92 Å². The first-order chi connectivity index (χ1) is 13.5. The number of nitrogens with one attached hydrogen (secondary N) is 1. The Kier molecular flexibility index (Phi) is 7.45. The van der Waals surface area contributed by atoms with Gasteiger partial charge >= 0.3 is 0 Å². The van der Waals surface area contributed by atoms with Crippen LogP contribution in [0, 0.1) is 5.92 Å². The zero-order chi connectivity index (χ0) is 20.0. The van der Waals surface area contributed by atoms with Crippen LogP contribution in [0.2, 0.25) is 0 Å². The van der Waals surface area contributed by atoms with Crippen molar-refractivity contribution in [2.45, 2.75) is 31.1 Å². The molecular weight excluding hydrogens is 378 g/mol. The van der Waals surface area contributed by atoms with Crippen LogP contribution in [0.3, 0.4) is 0 Å². The largest absolute Gasteiger partial charge is 0.379 e. The summed E-state index contributed by atoms with van der Waals surface area (Å²) >= 11 is 0. The van der Waals surface area contributed by atoms with Crippen LogP contribution < -0.4 is 5.32 Å². The summed E-state index contributed by atoms with van der Waals surface area (Å²) in [5.41, 5.74) is 0.376. The number of carbonyl (C=O) groups is 1. The van der Waals surface area contributed by atoms with Crippen molar-refractivity contribution in [3.63, 3.8) is 0 Å². The van der Waals surface area contributed by atoms with E-state index < -0.39 is 10.0 Å². The molecule has 0 atom stereocenters. The normalized spacial score (nSPS) is 20.2. The molecule has 0 aliphatic carbocycles. The molecule has 0 saturated carbocycles. The third-order valence-electron chi connectivity index (χ3n) is 5.52. The fourth-order valence-corrected chi connectivity index (χ4v) is 5.08. The molecule has 3 rings (SSSR count). The highest BCUT2D eigenvalue weighted by molar-refractivity contribution is 7.89. The van der Waals surface area contributed by atoms with E-state index in [9.17, 15) is 13.2 Å². The molecule has 0 unspecified atom stereocenters. The van der Waals surface area contributed by atoms with Gasteiger partial charge in [0.1, 0.15) is 0 Å². The number of carbonyl (C=O) groups excluding carboxylic acids is 1. The second-order valence-corrected chi connectivity index (χ2v) is 9.62. The standard InChI is InChI=1S/C20H31N3O4S/c1-17-6-10-22(11-7-17)9-3-8-21-20(24)18-4-2-5-19(16-18)28(25,26)23-12-14-27-15-13-23/h2,4-5,16-17H,3,6-15H2,1H3,(H,21,24). The minimum absolute atomic E-state index is 0.157. The molecule has 28 heavy (non-hydrogen) atoms. The van der Waals surface area contributed by atoms with Gasteiger partial charge in [-0.2, -0.15) is 4.31 Å². The maximum Gasteiger partial charge on any atom is 0.251 e. The number of hydrogen-bond acceptors (Lipinski definition) is 5. The summed E-state index contributed by atoms with van der Waals surface area (Å²) in [5, 5.41) is 2.91. The highest BCUT2D eigenvalue weighted by Crippen LogP contribution is 2.18. The van der Waals surface area contributed by atoms with E-state index in [1.165, 1.54) is 23.2 Å². The maximum absolute atomic E-state index is 12.8. The highest BCUT2D eigenvalue weighted by atomic mass is 32.2. The summed E-state index contributed by atoms with van der Waals surface area (Å²) in [5.74, 6) is 0.586. The summed E-state index contributed by atoms with van der Waals surface area (Å²) in [4.78, 5) is 15.0. The lowest BCUT2D eigenvalue weighted by Gasteiger charge is -2.30. The Balaban J connectivity index is 1.51. The van der Waals surface area contributed by atoms with E-state index >= 15 is 0 Å². The van der Waals surface area contributed by atoms with Crippen LogP contribution in [-0.4, -0.2) is 76.0 Å². The van der Waals surface area contributed by atoms with Crippen LogP contribution in [0.15, 0.2) is 29.2 Å². The van der Waals surface area contributed by atoms with Crippen LogP contribution >= 0.6 is 0 Å². The maximum atomic E-state index is 12.8. The van der Waals surface area contributed by atoms with Gasteiger partial charge in [-0.15, -0.1) is 0 Å². The molecule has 1 amide bonds. The number of ether oxygens (including phenoxy) is 1. The van der Waals surface area contributed by atoms with E-state index in [1.807, 2.05) is 0 Å².